The summed E-state index contributed by atoms with van der Waals surface area (Å²) in [5, 5.41) is 13.1. The van der Waals surface area contributed by atoms with Gasteiger partial charge in [-0.1, -0.05) is 13.0 Å². The number of ether oxygens (including phenoxy) is 1. The van der Waals surface area contributed by atoms with Crippen molar-refractivity contribution in [3.63, 3.8) is 0 Å². The number of fused-ring (bicyclic) bond motifs is 3. The Morgan fingerprint density at radius 1 is 1.38 bits per heavy atom. The van der Waals surface area contributed by atoms with Crippen molar-refractivity contribution < 1.29 is 19.4 Å². The number of aromatic hydroxyl groups is 1. The van der Waals surface area contributed by atoms with Gasteiger partial charge in [-0.3, -0.25) is 4.79 Å². The number of phenols is 1. The molecule has 24 heavy (non-hydrogen) atoms. The molecule has 1 aromatic rings. The molecule has 130 valence electrons. The highest BCUT2D eigenvalue weighted by Crippen LogP contribution is 2.38. The first-order chi connectivity index (χ1) is 11.2. The zero-order chi connectivity index (χ0) is 17.6. The molecule has 2 N–H and O–H groups in total. The topological polar surface area (TPSA) is 78.9 Å². The number of likely N-dealkylation sites (tertiary alicyclic amines) is 1. The van der Waals surface area contributed by atoms with E-state index in [1.165, 1.54) is 0 Å². The summed E-state index contributed by atoms with van der Waals surface area (Å²) in [5.74, 6) is -0.295. The van der Waals surface area contributed by atoms with E-state index in [0.717, 1.165) is 17.5 Å². The van der Waals surface area contributed by atoms with Crippen LogP contribution in [0.5, 0.6) is 5.75 Å². The summed E-state index contributed by atoms with van der Waals surface area (Å²) in [6.07, 6.45) is 0.402. The Bertz CT molecular complexity index is 693. The lowest BCUT2D eigenvalue weighted by Gasteiger charge is -2.28. The number of rotatable bonds is 1. The van der Waals surface area contributed by atoms with E-state index in [1.807, 2.05) is 33.8 Å². The van der Waals surface area contributed by atoms with E-state index in [0.29, 0.717) is 18.7 Å². The maximum atomic E-state index is 12.3. The Balaban J connectivity index is 1.90. The van der Waals surface area contributed by atoms with Gasteiger partial charge in [-0.2, -0.15) is 0 Å². The predicted octanol–water partition coefficient (Wildman–Crippen LogP) is 2.40. The third kappa shape index (κ3) is 2.92. The largest absolute Gasteiger partial charge is 0.507 e. The van der Waals surface area contributed by atoms with Crippen molar-refractivity contribution in [1.82, 2.24) is 10.2 Å². The van der Waals surface area contributed by atoms with Gasteiger partial charge in [0.15, 0.2) is 0 Å². The lowest BCUT2D eigenvalue weighted by Crippen LogP contribution is -2.44. The molecule has 0 saturated carbocycles. The molecule has 0 bridgehead atoms. The van der Waals surface area contributed by atoms with E-state index in [2.05, 4.69) is 5.32 Å². The summed E-state index contributed by atoms with van der Waals surface area (Å²) in [6.45, 7) is 8.38. The quantitative estimate of drug-likeness (QED) is 0.828. The van der Waals surface area contributed by atoms with Crippen molar-refractivity contribution >= 4 is 12.0 Å². The summed E-state index contributed by atoms with van der Waals surface area (Å²) in [6, 6.07) is 3.47. The molecule has 2 amide bonds. The predicted molar refractivity (Wildman–Crippen MR) is 89.3 cm³/mol. The molecule has 0 aromatic heterocycles. The van der Waals surface area contributed by atoms with Crippen molar-refractivity contribution in [2.45, 2.75) is 51.7 Å². The van der Waals surface area contributed by atoms with E-state index >= 15 is 0 Å². The highest BCUT2D eigenvalue weighted by Gasteiger charge is 2.44. The number of amides is 2. The molecule has 6 nitrogen and oxygen atoms in total. The lowest BCUT2D eigenvalue weighted by atomic mass is 9.84. The number of nitrogens with zero attached hydrogens (tertiary/aromatic N) is 1. The summed E-state index contributed by atoms with van der Waals surface area (Å²) in [4.78, 5) is 26.3. The van der Waals surface area contributed by atoms with Crippen LogP contribution in [0.15, 0.2) is 12.1 Å². The van der Waals surface area contributed by atoms with Gasteiger partial charge in [0.25, 0.3) is 5.91 Å². The number of phenolic OH excluding ortho intramolecular Hbond substituents is 1. The standard InChI is InChI=1S/C18H24N2O4/c1-5-10-6-11-12-8-20(17(23)24-18(2,3)4)9-13(12)19-16(22)15(11)14(21)7-10/h6-7,12-13,21H,5,8-9H2,1-4H3,(H,19,22). The minimum Gasteiger partial charge on any atom is -0.507 e. The maximum Gasteiger partial charge on any atom is 0.410 e. The van der Waals surface area contributed by atoms with Crippen LogP contribution >= 0.6 is 0 Å². The molecular weight excluding hydrogens is 308 g/mol. The van der Waals surface area contributed by atoms with E-state index < -0.39 is 5.60 Å². The van der Waals surface area contributed by atoms with Gasteiger partial charge in [-0.05, 0) is 44.4 Å². The maximum absolute atomic E-state index is 12.3. The van der Waals surface area contributed by atoms with Crippen LogP contribution in [-0.2, 0) is 11.2 Å². The first kappa shape index (κ1) is 16.6. The smallest absolute Gasteiger partial charge is 0.410 e. The van der Waals surface area contributed by atoms with Crippen molar-refractivity contribution in [3.05, 3.63) is 28.8 Å². The fraction of sp³-hybridized carbons (Fsp3) is 0.556. The summed E-state index contributed by atoms with van der Waals surface area (Å²) < 4.78 is 5.44. The molecule has 1 aromatic carbocycles. The highest BCUT2D eigenvalue weighted by molar-refractivity contribution is 6.00. The molecule has 0 radical (unpaired) electrons. The molecule has 3 rings (SSSR count). The van der Waals surface area contributed by atoms with Gasteiger partial charge in [0.1, 0.15) is 11.4 Å². The second-order valence-corrected chi connectivity index (χ2v) is 7.50. The Labute approximate surface area is 141 Å². The van der Waals surface area contributed by atoms with Crippen LogP contribution in [0, 0.1) is 0 Å². The molecule has 1 fully saturated rings. The van der Waals surface area contributed by atoms with Crippen LogP contribution in [0.4, 0.5) is 4.79 Å². The molecule has 1 saturated heterocycles. The molecule has 2 atom stereocenters. The molecule has 0 spiro atoms. The first-order valence-corrected chi connectivity index (χ1v) is 8.34. The second-order valence-electron chi connectivity index (χ2n) is 7.50. The number of nitrogens with one attached hydrogen (secondary N) is 1. The molecule has 2 unspecified atom stereocenters. The van der Waals surface area contributed by atoms with E-state index in [4.69, 9.17) is 4.74 Å². The summed E-state index contributed by atoms with van der Waals surface area (Å²) in [5.41, 5.74) is 1.58. The van der Waals surface area contributed by atoms with Crippen molar-refractivity contribution in [2.75, 3.05) is 13.1 Å². The van der Waals surface area contributed by atoms with E-state index in [-0.39, 0.29) is 29.7 Å². The third-order valence-corrected chi connectivity index (χ3v) is 4.53. The number of benzene rings is 1. The fourth-order valence-electron chi connectivity index (χ4n) is 3.43. The average Bonchev–Trinajstić information content (AvgIpc) is 2.89. The number of hydrogen-bond acceptors (Lipinski definition) is 4. The van der Waals surface area contributed by atoms with Crippen LogP contribution < -0.4 is 5.32 Å². The van der Waals surface area contributed by atoms with Crippen molar-refractivity contribution in [2.24, 2.45) is 0 Å². The molecule has 2 aliphatic rings. The Morgan fingerprint density at radius 2 is 2.08 bits per heavy atom. The average molecular weight is 332 g/mol. The van der Waals surface area contributed by atoms with Crippen LogP contribution in [0.3, 0.4) is 0 Å². The van der Waals surface area contributed by atoms with Gasteiger partial charge in [0, 0.05) is 19.0 Å². The SMILES string of the molecule is CCc1cc(O)c2c(c1)C1CN(C(=O)OC(C)(C)C)CC1NC2=O. The highest BCUT2D eigenvalue weighted by atomic mass is 16.6. The van der Waals surface area contributed by atoms with Gasteiger partial charge >= 0.3 is 6.09 Å². The number of aryl methyl sites for hydroxylation is 1. The van der Waals surface area contributed by atoms with Gasteiger partial charge in [-0.25, -0.2) is 4.79 Å². The number of carbonyl (C=O) groups excluding carboxylic acids is 2. The monoisotopic (exact) mass is 332 g/mol. The molecule has 6 heteroatoms. The molecule has 2 aliphatic heterocycles. The van der Waals surface area contributed by atoms with Crippen LogP contribution in [0.2, 0.25) is 0 Å². The third-order valence-electron chi connectivity index (χ3n) is 4.53. The van der Waals surface area contributed by atoms with Gasteiger partial charge < -0.3 is 20.1 Å². The first-order valence-electron chi connectivity index (χ1n) is 8.34. The minimum absolute atomic E-state index is 0.0102. The Hall–Kier alpha value is -2.24. The van der Waals surface area contributed by atoms with Crippen LogP contribution in [0.25, 0.3) is 0 Å². The van der Waals surface area contributed by atoms with Crippen LogP contribution in [-0.4, -0.2) is 46.7 Å². The summed E-state index contributed by atoms with van der Waals surface area (Å²) in [7, 11) is 0. The normalized spacial score (nSPS) is 22.7. The Kier molecular flexibility index (Phi) is 3.94. The van der Waals surface area contributed by atoms with Gasteiger partial charge in [-0.15, -0.1) is 0 Å². The van der Waals surface area contributed by atoms with Gasteiger partial charge in [0.2, 0.25) is 0 Å². The summed E-state index contributed by atoms with van der Waals surface area (Å²) >= 11 is 0. The molecule has 2 heterocycles. The minimum atomic E-state index is -0.556. The van der Waals surface area contributed by atoms with E-state index in [1.54, 1.807) is 11.0 Å². The Morgan fingerprint density at radius 3 is 2.71 bits per heavy atom. The molecule has 0 aliphatic carbocycles. The fourth-order valence-corrected chi connectivity index (χ4v) is 3.43. The van der Waals surface area contributed by atoms with Gasteiger partial charge in [0.05, 0.1) is 11.6 Å². The van der Waals surface area contributed by atoms with Crippen LogP contribution in [0.1, 0.15) is 55.1 Å². The van der Waals surface area contributed by atoms with Crippen molar-refractivity contribution in [3.8, 4) is 5.75 Å². The molecular formula is C18H24N2O4. The van der Waals surface area contributed by atoms with E-state index in [9.17, 15) is 14.7 Å². The number of hydrogen-bond donors (Lipinski definition) is 2. The zero-order valence-corrected chi connectivity index (χ0v) is 14.5. The second kappa shape index (κ2) is 5.69. The number of carbonyl (C=O) groups is 2. The van der Waals surface area contributed by atoms with Crippen molar-refractivity contribution in [1.29, 1.82) is 0 Å². The lowest BCUT2D eigenvalue weighted by molar-refractivity contribution is 0.0288. The zero-order valence-electron chi connectivity index (χ0n) is 14.5.